The number of aliphatic hydroxyl groups is 2. The van der Waals surface area contributed by atoms with Crippen molar-refractivity contribution in [3.63, 3.8) is 0 Å². The lowest BCUT2D eigenvalue weighted by Gasteiger charge is -2.25. The van der Waals surface area contributed by atoms with Gasteiger partial charge in [-0.3, -0.25) is 28.0 Å². The van der Waals surface area contributed by atoms with Crippen LogP contribution in [0.25, 0.3) is 22.3 Å². The van der Waals surface area contributed by atoms with Crippen LogP contribution in [0.1, 0.15) is 12.5 Å². The lowest BCUT2D eigenvalue weighted by atomic mass is 10.1. The number of hydrogen-bond donors (Lipinski definition) is 7. The molecule has 248 valence electrons. The number of nitrogen functional groups attached to an aromatic ring is 2. The number of H-pyrrole nitrogens is 1. The highest BCUT2D eigenvalue weighted by molar-refractivity contribution is 7.47. The predicted octanol–water partition coefficient (Wildman–Crippen LogP) is -1.81. The van der Waals surface area contributed by atoms with Crippen molar-refractivity contribution in [2.45, 2.75) is 49.1 Å². The number of aliphatic hydroxyl groups excluding tert-OH is 2. The molecular weight excluding hydrogens is 665 g/mol. The molecule has 6 heterocycles. The molecular formula is C21H26FN10O12P2+. The number of rotatable bonds is 11. The van der Waals surface area contributed by atoms with E-state index in [2.05, 4.69) is 29.9 Å². The summed E-state index contributed by atoms with van der Waals surface area (Å²) in [5.41, 5.74) is 10.7. The summed E-state index contributed by atoms with van der Waals surface area (Å²) < 4.78 is 69.5. The second-order valence-corrected chi connectivity index (χ2v) is 12.4. The van der Waals surface area contributed by atoms with Crippen LogP contribution in [0, 0.1) is 0 Å². The van der Waals surface area contributed by atoms with Gasteiger partial charge in [-0.25, -0.2) is 28.9 Å². The van der Waals surface area contributed by atoms with E-state index in [1.165, 1.54) is 10.9 Å². The average molecular weight is 691 g/mol. The largest absolute Gasteiger partial charge is 0.534 e. The highest BCUT2D eigenvalue weighted by Gasteiger charge is 2.52. The zero-order valence-corrected chi connectivity index (χ0v) is 24.9. The molecule has 4 aromatic heterocycles. The zero-order valence-electron chi connectivity index (χ0n) is 23.1. The molecule has 2 aliphatic heterocycles. The van der Waals surface area contributed by atoms with Crippen LogP contribution in [0.3, 0.4) is 0 Å². The van der Waals surface area contributed by atoms with Crippen LogP contribution in [0.2, 0.25) is 0 Å². The van der Waals surface area contributed by atoms with Crippen LogP contribution in [-0.4, -0.2) is 115 Å². The van der Waals surface area contributed by atoms with Gasteiger partial charge in [0.15, 0.2) is 41.3 Å². The zero-order chi connectivity index (χ0) is 32.9. The van der Waals surface area contributed by atoms with E-state index >= 15 is 4.39 Å². The Kier molecular flexibility index (Phi) is 8.82. The molecule has 4 aromatic rings. The van der Waals surface area contributed by atoms with Crippen molar-refractivity contribution in [2.24, 2.45) is 0 Å². The molecule has 22 nitrogen and oxygen atoms in total. The number of phosphoric ester groups is 1. The molecule has 0 bridgehead atoms. The van der Waals surface area contributed by atoms with E-state index in [1.807, 2.05) is 0 Å². The maximum absolute atomic E-state index is 15.8. The van der Waals surface area contributed by atoms with E-state index in [4.69, 9.17) is 34.7 Å². The molecule has 2 fully saturated rings. The number of nitrogens with zero attached hydrogens (tertiary/aromatic N) is 7. The fourth-order valence-electron chi connectivity index (χ4n) is 5.15. The summed E-state index contributed by atoms with van der Waals surface area (Å²) in [6, 6.07) is 0. The fourth-order valence-corrected chi connectivity index (χ4v) is 6.38. The summed E-state index contributed by atoms with van der Waals surface area (Å²) in [6.07, 6.45) is -10.2. The van der Waals surface area contributed by atoms with Crippen molar-refractivity contribution in [1.82, 2.24) is 39.0 Å². The normalized spacial score (nSPS) is 29.9. The van der Waals surface area contributed by atoms with E-state index in [0.29, 0.717) is 0 Å². The first kappa shape index (κ1) is 32.3. The molecule has 6 unspecified atom stereocenters. The van der Waals surface area contributed by atoms with Crippen LogP contribution in [0.5, 0.6) is 0 Å². The number of imidazole rings is 2. The summed E-state index contributed by atoms with van der Waals surface area (Å²) >= 11 is 0. The van der Waals surface area contributed by atoms with Gasteiger partial charge in [-0.05, 0) is 4.57 Å². The van der Waals surface area contributed by atoms with Crippen LogP contribution in [0.15, 0.2) is 23.8 Å². The third-order valence-corrected chi connectivity index (χ3v) is 8.54. The monoisotopic (exact) mass is 691 g/mol. The van der Waals surface area contributed by atoms with Crippen molar-refractivity contribution < 1.29 is 56.8 Å². The Morgan fingerprint density at radius 2 is 1.76 bits per heavy atom. The molecule has 0 aliphatic carbocycles. The molecule has 46 heavy (non-hydrogen) atoms. The maximum Gasteiger partial charge on any atom is 0.534 e. The van der Waals surface area contributed by atoms with Crippen molar-refractivity contribution in [3.05, 3.63) is 29.3 Å². The predicted molar refractivity (Wildman–Crippen MR) is 148 cm³/mol. The number of aromatic amines is 1. The number of halogens is 1. The van der Waals surface area contributed by atoms with Gasteiger partial charge in [-0.2, -0.15) is 9.88 Å². The molecule has 0 spiro atoms. The van der Waals surface area contributed by atoms with Crippen molar-refractivity contribution >= 4 is 49.9 Å². The minimum atomic E-state index is -5.17. The Morgan fingerprint density at radius 1 is 1.07 bits per heavy atom. The second-order valence-electron chi connectivity index (χ2n) is 10.1. The Hall–Kier alpha value is -3.60. The number of fused-ring (bicyclic) bond motifs is 2. The minimum absolute atomic E-state index is 0.0212. The fraction of sp³-hybridized carbons (Fsp3) is 0.524. The number of hydrogen-bond acceptors (Lipinski definition) is 17. The van der Waals surface area contributed by atoms with E-state index in [9.17, 15) is 33.9 Å². The maximum atomic E-state index is 15.8. The third-order valence-electron chi connectivity index (χ3n) is 7.18. The standard InChI is InChI=1S/C21H25FN10O12P2/c22-9-13(40-6-45(36)37)8(43-19(9)32-5-28-11-17(32)29-21(24)30-18(11)35)2-41-46(38,39)44-14-12(34)7(1-33)42-20(14)31-4-27-10-15(23)25-3-26-16(10)31/h3-5,7-9,12-14,19-20,33-34H,1-2,6H2,(H6-,23,24,25,26,29,30,35,36,37,38,39)/p+1/t7-,8-,9?,12?,13?,14?,19-,20-/m1/s1. The Labute approximate surface area is 255 Å². The van der Waals surface area contributed by atoms with Gasteiger partial charge >= 0.3 is 15.9 Å². The Bertz CT molecular complexity index is 1880. The summed E-state index contributed by atoms with van der Waals surface area (Å²) in [4.78, 5) is 54.2. The van der Waals surface area contributed by atoms with Crippen molar-refractivity contribution in [2.75, 3.05) is 31.0 Å². The van der Waals surface area contributed by atoms with Crippen LogP contribution < -0.4 is 17.0 Å². The number of ether oxygens (including phenoxy) is 3. The van der Waals surface area contributed by atoms with Crippen LogP contribution in [-0.2, 0) is 32.4 Å². The van der Waals surface area contributed by atoms with Crippen molar-refractivity contribution in [1.29, 1.82) is 0 Å². The molecule has 25 heteroatoms. The molecule has 2 aliphatic rings. The first-order valence-corrected chi connectivity index (χ1v) is 16.1. The van der Waals surface area contributed by atoms with Gasteiger partial charge < -0.3 is 40.8 Å². The number of anilines is 2. The molecule has 10 atom stereocenters. The average Bonchev–Trinajstić information content (AvgIpc) is 3.76. The van der Waals surface area contributed by atoms with Crippen LogP contribution >= 0.6 is 15.9 Å². The summed E-state index contributed by atoms with van der Waals surface area (Å²) in [6.45, 7) is -1.58. The molecule has 0 radical (unpaired) electrons. The molecule has 6 rings (SSSR count). The highest BCUT2D eigenvalue weighted by Crippen LogP contribution is 2.50. The summed E-state index contributed by atoms with van der Waals surface area (Å²) in [5.74, 6) is -0.275. The molecule has 0 amide bonds. The Morgan fingerprint density at radius 3 is 2.48 bits per heavy atom. The lowest BCUT2D eigenvalue weighted by Crippen LogP contribution is -2.36. The first-order valence-electron chi connectivity index (χ1n) is 13.2. The SMILES string of the molecule is Nc1nc2c(ncn2[C@@H]2O[C@H](COP(=O)(O)OC3C(O)[C@@H](CO)O[C@H]3n3cnc4c(N)ncnc43)C(OC[P+](=O)O)C2F)c(=O)[nH]1. The molecule has 9 N–H and O–H groups in total. The summed E-state index contributed by atoms with van der Waals surface area (Å²) in [7, 11) is -8.05. The quantitative estimate of drug-likeness (QED) is 0.0852. The topological polar surface area (TPSA) is 320 Å². The third kappa shape index (κ3) is 5.98. The smallest absolute Gasteiger partial charge is 0.394 e. The van der Waals surface area contributed by atoms with Gasteiger partial charge in [0.2, 0.25) is 5.95 Å². The van der Waals surface area contributed by atoms with Gasteiger partial charge in [0, 0.05) is 0 Å². The second kappa shape index (κ2) is 12.5. The molecule has 0 aromatic carbocycles. The number of aromatic nitrogens is 8. The minimum Gasteiger partial charge on any atom is -0.394 e. The van der Waals surface area contributed by atoms with Gasteiger partial charge in [0.25, 0.3) is 11.9 Å². The van der Waals surface area contributed by atoms with E-state index in [0.717, 1.165) is 17.2 Å². The molecule has 2 saturated heterocycles. The highest BCUT2D eigenvalue weighted by atomic mass is 31.2. The number of phosphoric acid groups is 1. The van der Waals surface area contributed by atoms with E-state index in [1.54, 1.807) is 0 Å². The van der Waals surface area contributed by atoms with E-state index < -0.39 is 90.1 Å². The van der Waals surface area contributed by atoms with Crippen LogP contribution in [0.4, 0.5) is 16.2 Å². The lowest BCUT2D eigenvalue weighted by molar-refractivity contribution is -0.0647. The summed E-state index contributed by atoms with van der Waals surface area (Å²) in [5, 5.41) is 20.5. The van der Waals surface area contributed by atoms with Crippen molar-refractivity contribution in [3.8, 4) is 0 Å². The van der Waals surface area contributed by atoms with E-state index in [-0.39, 0.29) is 34.1 Å². The number of nitrogens with one attached hydrogen (secondary N) is 1. The van der Waals surface area contributed by atoms with Gasteiger partial charge in [-0.15, -0.1) is 0 Å². The van der Waals surface area contributed by atoms with Gasteiger partial charge in [0.05, 0.1) is 25.9 Å². The number of nitrogens with two attached hydrogens (primary N) is 2. The first-order chi connectivity index (χ1) is 21.9. The van der Waals surface area contributed by atoms with Gasteiger partial charge in [-0.1, -0.05) is 0 Å². The number of alkyl halides is 1. The Balaban J connectivity index is 1.22. The molecule has 0 saturated carbocycles. The van der Waals surface area contributed by atoms with Gasteiger partial charge in [0.1, 0.15) is 42.4 Å².